The largest absolute Gasteiger partial charge is 0.276 e. The summed E-state index contributed by atoms with van der Waals surface area (Å²) in [5, 5.41) is -0.0897. The normalized spacial score (nSPS) is 11.4. The summed E-state index contributed by atoms with van der Waals surface area (Å²) in [6, 6.07) is 5.77. The third-order valence-electron chi connectivity index (χ3n) is 3.92. The lowest BCUT2D eigenvalue weighted by atomic mass is 10.0. The molecule has 0 saturated carbocycles. The van der Waals surface area contributed by atoms with Crippen LogP contribution in [0.5, 0.6) is 0 Å². The predicted octanol–water partition coefficient (Wildman–Crippen LogP) is 4.49. The molecule has 140 valence electrons. The second-order valence-corrected chi connectivity index (χ2v) is 7.84. The van der Waals surface area contributed by atoms with Crippen LogP contribution in [0.15, 0.2) is 47.6 Å². The Balaban J connectivity index is 2.08. The topological polar surface area (TPSA) is 72.0 Å². The van der Waals surface area contributed by atoms with Crippen LogP contribution >= 0.6 is 11.6 Å². The van der Waals surface area contributed by atoms with E-state index in [1.807, 2.05) is 13.0 Å². The van der Waals surface area contributed by atoms with Gasteiger partial charge in [0, 0.05) is 29.7 Å². The van der Waals surface area contributed by atoms with Crippen molar-refractivity contribution < 1.29 is 17.2 Å². The zero-order chi connectivity index (χ0) is 19.8. The molecule has 0 fully saturated rings. The first kappa shape index (κ1) is 19.2. The molecule has 1 aromatic carbocycles. The van der Waals surface area contributed by atoms with E-state index in [2.05, 4.69) is 14.7 Å². The Morgan fingerprint density at radius 3 is 2.48 bits per heavy atom. The summed E-state index contributed by atoms with van der Waals surface area (Å²) < 4.78 is 54.4. The number of hydrogen-bond donors (Lipinski definition) is 1. The third kappa shape index (κ3) is 3.91. The number of sulfonamides is 1. The van der Waals surface area contributed by atoms with Crippen molar-refractivity contribution in [3.63, 3.8) is 0 Å². The van der Waals surface area contributed by atoms with E-state index in [1.54, 1.807) is 19.2 Å². The Kier molecular flexibility index (Phi) is 5.12. The number of pyridine rings is 2. The highest BCUT2D eigenvalue weighted by Gasteiger charge is 2.23. The van der Waals surface area contributed by atoms with Gasteiger partial charge >= 0.3 is 0 Å². The summed E-state index contributed by atoms with van der Waals surface area (Å²) >= 11 is 6.07. The lowest BCUT2D eigenvalue weighted by Gasteiger charge is -2.15. The highest BCUT2D eigenvalue weighted by molar-refractivity contribution is 7.92. The fraction of sp³-hybridized carbons (Fsp3) is 0.111. The first-order valence-electron chi connectivity index (χ1n) is 7.75. The van der Waals surface area contributed by atoms with Gasteiger partial charge in [0.15, 0.2) is 5.15 Å². The molecular formula is C18H14ClF2N3O2S. The Bertz CT molecular complexity index is 1140. The molecule has 0 unspecified atom stereocenters. The molecule has 0 aliphatic heterocycles. The molecule has 27 heavy (non-hydrogen) atoms. The van der Waals surface area contributed by atoms with Crippen molar-refractivity contribution in [2.75, 3.05) is 4.72 Å². The molecule has 3 aromatic rings. The Morgan fingerprint density at radius 2 is 1.81 bits per heavy atom. The zero-order valence-corrected chi connectivity index (χ0v) is 15.9. The van der Waals surface area contributed by atoms with Gasteiger partial charge in [-0.2, -0.15) is 0 Å². The molecule has 2 heterocycles. The average Bonchev–Trinajstić information content (AvgIpc) is 2.58. The van der Waals surface area contributed by atoms with Crippen LogP contribution in [0.25, 0.3) is 11.1 Å². The van der Waals surface area contributed by atoms with E-state index in [0.717, 1.165) is 23.4 Å². The van der Waals surface area contributed by atoms with E-state index < -0.39 is 26.6 Å². The average molecular weight is 410 g/mol. The monoisotopic (exact) mass is 409 g/mol. The minimum atomic E-state index is -4.34. The molecule has 0 spiro atoms. The van der Waals surface area contributed by atoms with Gasteiger partial charge in [0.1, 0.15) is 16.5 Å². The maximum atomic E-state index is 13.9. The summed E-state index contributed by atoms with van der Waals surface area (Å²) in [6.45, 7) is 3.49. The first-order valence-corrected chi connectivity index (χ1v) is 9.61. The SMILES string of the molecule is Cc1cc(-c2cnc(Cl)c(NS(=O)(=O)c3ccc(F)cc3F)c2C)ccn1. The van der Waals surface area contributed by atoms with Crippen LogP contribution in [0, 0.1) is 25.5 Å². The van der Waals surface area contributed by atoms with E-state index in [4.69, 9.17) is 11.6 Å². The van der Waals surface area contributed by atoms with Crippen molar-refractivity contribution >= 4 is 27.3 Å². The van der Waals surface area contributed by atoms with Crippen LogP contribution in [0.4, 0.5) is 14.5 Å². The highest BCUT2D eigenvalue weighted by Crippen LogP contribution is 2.34. The van der Waals surface area contributed by atoms with Gasteiger partial charge in [0.2, 0.25) is 0 Å². The van der Waals surface area contributed by atoms with E-state index in [1.165, 1.54) is 6.20 Å². The fourth-order valence-electron chi connectivity index (χ4n) is 2.58. The number of aromatic nitrogens is 2. The van der Waals surface area contributed by atoms with Gasteiger partial charge in [-0.15, -0.1) is 0 Å². The smallest absolute Gasteiger partial charge is 0.264 e. The second kappa shape index (κ2) is 7.21. The molecule has 0 saturated heterocycles. The molecule has 0 aliphatic rings. The fourth-order valence-corrected chi connectivity index (χ4v) is 4.06. The standard InChI is InChI=1S/C18H14ClF2N3O2S/c1-10-7-12(5-6-22-10)14-9-23-18(19)17(11(14)2)24-27(25,26)16-4-3-13(20)8-15(16)21/h3-9,24H,1-2H3. The molecule has 0 aliphatic carbocycles. The molecule has 9 heteroatoms. The van der Waals surface area contributed by atoms with Gasteiger partial charge in [0.25, 0.3) is 10.0 Å². The van der Waals surface area contributed by atoms with Gasteiger partial charge in [-0.1, -0.05) is 11.6 Å². The van der Waals surface area contributed by atoms with Gasteiger partial charge < -0.3 is 0 Å². The van der Waals surface area contributed by atoms with Gasteiger partial charge in [-0.25, -0.2) is 22.2 Å². The first-order chi connectivity index (χ1) is 12.7. The minimum absolute atomic E-state index is 0.0207. The third-order valence-corrected chi connectivity index (χ3v) is 5.59. The van der Waals surface area contributed by atoms with Gasteiger partial charge in [0.05, 0.1) is 5.69 Å². The molecule has 0 radical (unpaired) electrons. The number of aryl methyl sites for hydroxylation is 1. The van der Waals surface area contributed by atoms with Crippen molar-refractivity contribution in [2.45, 2.75) is 18.7 Å². The van der Waals surface area contributed by atoms with Gasteiger partial charge in [-0.05, 0) is 49.2 Å². The van der Waals surface area contributed by atoms with Crippen LogP contribution < -0.4 is 4.72 Å². The number of anilines is 1. The van der Waals surface area contributed by atoms with Crippen LogP contribution in [0.2, 0.25) is 5.15 Å². The summed E-state index contributed by atoms with van der Waals surface area (Å²) in [5.41, 5.74) is 2.72. The molecule has 2 aromatic heterocycles. The van der Waals surface area contributed by atoms with Crippen molar-refractivity contribution in [3.8, 4) is 11.1 Å². The number of hydrogen-bond acceptors (Lipinski definition) is 4. The van der Waals surface area contributed by atoms with Crippen LogP contribution in [-0.2, 0) is 10.0 Å². The molecule has 0 atom stereocenters. The molecule has 1 N–H and O–H groups in total. The van der Waals surface area contributed by atoms with Crippen molar-refractivity contribution in [3.05, 3.63) is 70.8 Å². The summed E-state index contributed by atoms with van der Waals surface area (Å²) in [5.74, 6) is -2.08. The van der Waals surface area contributed by atoms with Gasteiger partial charge in [-0.3, -0.25) is 9.71 Å². The summed E-state index contributed by atoms with van der Waals surface area (Å²) in [4.78, 5) is 7.45. The lowest BCUT2D eigenvalue weighted by molar-refractivity contribution is 0.551. The van der Waals surface area contributed by atoms with E-state index >= 15 is 0 Å². The summed E-state index contributed by atoms with van der Waals surface area (Å²) in [7, 11) is -4.34. The van der Waals surface area contributed by atoms with E-state index in [9.17, 15) is 17.2 Å². The van der Waals surface area contributed by atoms with Crippen LogP contribution in [0.1, 0.15) is 11.3 Å². The van der Waals surface area contributed by atoms with Crippen molar-refractivity contribution in [2.24, 2.45) is 0 Å². The quantitative estimate of drug-likeness (QED) is 0.644. The Morgan fingerprint density at radius 1 is 1.07 bits per heavy atom. The van der Waals surface area contributed by atoms with E-state index in [-0.39, 0.29) is 10.8 Å². The zero-order valence-electron chi connectivity index (χ0n) is 14.3. The lowest BCUT2D eigenvalue weighted by Crippen LogP contribution is -2.16. The number of nitrogens with one attached hydrogen (secondary N) is 1. The number of rotatable bonds is 4. The Labute approximate surface area is 160 Å². The second-order valence-electron chi connectivity index (χ2n) is 5.83. The minimum Gasteiger partial charge on any atom is -0.276 e. The van der Waals surface area contributed by atoms with Crippen molar-refractivity contribution in [1.82, 2.24) is 9.97 Å². The molecule has 5 nitrogen and oxygen atoms in total. The highest BCUT2D eigenvalue weighted by atomic mass is 35.5. The van der Waals surface area contributed by atoms with Crippen molar-refractivity contribution in [1.29, 1.82) is 0 Å². The number of nitrogens with zero attached hydrogens (tertiary/aromatic N) is 2. The molecule has 0 bridgehead atoms. The number of benzene rings is 1. The molecule has 0 amide bonds. The maximum absolute atomic E-state index is 13.9. The van der Waals surface area contributed by atoms with E-state index in [0.29, 0.717) is 17.2 Å². The Hall–Kier alpha value is -2.58. The maximum Gasteiger partial charge on any atom is 0.264 e. The number of halogens is 3. The molecular weight excluding hydrogens is 396 g/mol. The van der Waals surface area contributed by atoms with Crippen LogP contribution in [0.3, 0.4) is 0 Å². The molecule has 3 rings (SSSR count). The predicted molar refractivity (Wildman–Crippen MR) is 99.1 cm³/mol. The van der Waals surface area contributed by atoms with Crippen LogP contribution in [-0.4, -0.2) is 18.4 Å². The summed E-state index contributed by atoms with van der Waals surface area (Å²) in [6.07, 6.45) is 3.14.